The lowest BCUT2D eigenvalue weighted by atomic mass is 9.96. The van der Waals surface area contributed by atoms with Gasteiger partial charge >= 0.3 is 0 Å². The Hall–Kier alpha value is -8.66. The van der Waals surface area contributed by atoms with Gasteiger partial charge < -0.3 is 4.57 Å². The Labute approximate surface area is 376 Å². The molecule has 3 heteroatoms. The number of fused-ring (bicyclic) bond motifs is 10. The first-order valence-electron chi connectivity index (χ1n) is 22.2. The van der Waals surface area contributed by atoms with E-state index in [0.717, 1.165) is 44.3 Å². The van der Waals surface area contributed by atoms with Gasteiger partial charge in [0, 0.05) is 32.8 Å². The van der Waals surface area contributed by atoms with E-state index in [1.54, 1.807) is 0 Å². The van der Waals surface area contributed by atoms with E-state index in [4.69, 9.17) is 9.97 Å². The van der Waals surface area contributed by atoms with Crippen LogP contribution in [-0.2, 0) is 0 Å². The van der Waals surface area contributed by atoms with Crippen LogP contribution in [-0.4, -0.2) is 14.5 Å². The molecule has 0 aliphatic rings. The summed E-state index contributed by atoms with van der Waals surface area (Å²) in [6.45, 7) is 0. The van der Waals surface area contributed by atoms with Crippen LogP contribution in [0, 0.1) is 0 Å². The number of benzene rings is 11. The third-order valence-corrected chi connectivity index (χ3v) is 13.3. The van der Waals surface area contributed by atoms with Crippen molar-refractivity contribution in [3.63, 3.8) is 0 Å². The number of nitrogens with zero attached hydrogens (tertiary/aromatic N) is 3. The van der Waals surface area contributed by atoms with Gasteiger partial charge in [-0.3, -0.25) is 4.98 Å². The van der Waals surface area contributed by atoms with Crippen LogP contribution in [0.4, 0.5) is 0 Å². The van der Waals surface area contributed by atoms with Gasteiger partial charge in [-0.25, -0.2) is 4.98 Å². The van der Waals surface area contributed by atoms with Crippen LogP contribution >= 0.6 is 0 Å². The van der Waals surface area contributed by atoms with E-state index in [2.05, 4.69) is 235 Å². The Morgan fingerprint density at radius 1 is 0.292 bits per heavy atom. The zero-order valence-corrected chi connectivity index (χ0v) is 35.4. The summed E-state index contributed by atoms with van der Waals surface area (Å²) in [7, 11) is 0. The Morgan fingerprint density at radius 2 is 0.785 bits per heavy atom. The van der Waals surface area contributed by atoms with Crippen molar-refractivity contribution in [1.82, 2.24) is 14.5 Å². The largest absolute Gasteiger partial charge is 0.309 e. The van der Waals surface area contributed by atoms with Gasteiger partial charge in [0.25, 0.3) is 0 Å². The molecule has 0 aliphatic carbocycles. The molecule has 0 saturated carbocycles. The number of hydrogen-bond donors (Lipinski definition) is 0. The summed E-state index contributed by atoms with van der Waals surface area (Å²) in [6, 6.07) is 83.3. The molecule has 13 rings (SSSR count). The molecule has 2 aromatic heterocycles. The summed E-state index contributed by atoms with van der Waals surface area (Å²) >= 11 is 0. The van der Waals surface area contributed by atoms with Crippen molar-refractivity contribution in [2.45, 2.75) is 0 Å². The Bertz CT molecular complexity index is 3930. The fourth-order valence-corrected chi connectivity index (χ4v) is 10.0. The normalized spacial score (nSPS) is 11.7. The van der Waals surface area contributed by atoms with Gasteiger partial charge in [0.05, 0.1) is 34.0 Å². The smallest absolute Gasteiger partial charge is 0.0979 e. The first-order valence-corrected chi connectivity index (χ1v) is 22.2. The summed E-state index contributed by atoms with van der Waals surface area (Å²) in [5.74, 6) is 0. The highest BCUT2D eigenvalue weighted by Crippen LogP contribution is 2.38. The summed E-state index contributed by atoms with van der Waals surface area (Å²) < 4.78 is 2.41. The van der Waals surface area contributed by atoms with Crippen LogP contribution in [0.15, 0.2) is 237 Å². The number of hydrogen-bond acceptors (Lipinski definition) is 2. The van der Waals surface area contributed by atoms with E-state index in [1.165, 1.54) is 82.3 Å². The molecule has 0 amide bonds. The van der Waals surface area contributed by atoms with E-state index in [1.807, 2.05) is 6.20 Å². The average molecular weight is 826 g/mol. The molecule has 0 spiro atoms. The van der Waals surface area contributed by atoms with Crippen LogP contribution in [0.3, 0.4) is 0 Å². The summed E-state index contributed by atoms with van der Waals surface area (Å²) in [5.41, 5.74) is 16.8. The lowest BCUT2D eigenvalue weighted by molar-refractivity contribution is 1.18. The van der Waals surface area contributed by atoms with Crippen molar-refractivity contribution < 1.29 is 0 Å². The minimum atomic E-state index is 0.867. The third kappa shape index (κ3) is 6.20. The molecular formula is C62H39N3. The highest BCUT2D eigenvalue weighted by atomic mass is 15.0. The van der Waals surface area contributed by atoms with E-state index in [9.17, 15) is 0 Å². The van der Waals surface area contributed by atoms with Gasteiger partial charge in [-0.1, -0.05) is 200 Å². The lowest BCUT2D eigenvalue weighted by Crippen LogP contribution is -1.94. The molecular weight excluding hydrogens is 787 g/mol. The molecule has 13 aromatic rings. The molecule has 2 heterocycles. The molecule has 3 nitrogen and oxygen atoms in total. The fraction of sp³-hybridized carbons (Fsp3) is 0. The summed E-state index contributed by atoms with van der Waals surface area (Å²) in [4.78, 5) is 10.2. The van der Waals surface area contributed by atoms with Crippen LogP contribution in [0.1, 0.15) is 0 Å². The van der Waals surface area contributed by atoms with Crippen LogP contribution in [0.2, 0.25) is 0 Å². The van der Waals surface area contributed by atoms with E-state index in [-0.39, 0.29) is 0 Å². The second-order valence-electron chi connectivity index (χ2n) is 16.9. The predicted molar refractivity (Wildman–Crippen MR) is 274 cm³/mol. The van der Waals surface area contributed by atoms with Crippen LogP contribution < -0.4 is 0 Å². The van der Waals surface area contributed by atoms with Gasteiger partial charge in [0.2, 0.25) is 0 Å². The van der Waals surface area contributed by atoms with Crippen molar-refractivity contribution in [2.75, 3.05) is 0 Å². The third-order valence-electron chi connectivity index (χ3n) is 13.3. The number of para-hydroxylation sites is 1. The van der Waals surface area contributed by atoms with Crippen molar-refractivity contribution in [2.24, 2.45) is 0 Å². The number of rotatable bonds is 6. The molecule has 0 radical (unpaired) electrons. The van der Waals surface area contributed by atoms with E-state index < -0.39 is 0 Å². The average Bonchev–Trinajstić information content (AvgIpc) is 3.72. The highest BCUT2D eigenvalue weighted by Gasteiger charge is 2.16. The second-order valence-corrected chi connectivity index (χ2v) is 16.9. The molecule has 0 unspecified atom stereocenters. The lowest BCUT2D eigenvalue weighted by Gasteiger charge is -2.12. The maximum atomic E-state index is 5.20. The predicted octanol–water partition coefficient (Wildman–Crippen LogP) is 16.5. The fourth-order valence-electron chi connectivity index (χ4n) is 10.0. The van der Waals surface area contributed by atoms with E-state index in [0.29, 0.717) is 0 Å². The van der Waals surface area contributed by atoms with Crippen molar-refractivity contribution >= 4 is 65.2 Å². The quantitative estimate of drug-likeness (QED) is 0.156. The second kappa shape index (κ2) is 15.0. The van der Waals surface area contributed by atoms with Crippen molar-refractivity contribution in [1.29, 1.82) is 0 Å². The summed E-state index contributed by atoms with van der Waals surface area (Å²) in [6.07, 6.45) is 1.91. The Kier molecular flexibility index (Phi) is 8.53. The highest BCUT2D eigenvalue weighted by molar-refractivity contribution is 6.23. The Morgan fingerprint density at radius 3 is 1.51 bits per heavy atom. The maximum absolute atomic E-state index is 5.20. The zero-order chi connectivity index (χ0) is 42.8. The zero-order valence-electron chi connectivity index (χ0n) is 35.4. The Balaban J connectivity index is 0.796. The van der Waals surface area contributed by atoms with Crippen LogP contribution in [0.5, 0.6) is 0 Å². The molecule has 0 aliphatic heterocycles. The van der Waals surface area contributed by atoms with Crippen LogP contribution in [0.25, 0.3) is 127 Å². The van der Waals surface area contributed by atoms with Gasteiger partial charge in [-0.05, 0) is 96.4 Å². The molecule has 0 bridgehead atoms. The molecule has 11 aromatic carbocycles. The van der Waals surface area contributed by atoms with Crippen molar-refractivity contribution in [3.8, 4) is 61.5 Å². The number of aromatic nitrogens is 3. The molecule has 302 valence electrons. The first-order chi connectivity index (χ1) is 32.2. The minimum absolute atomic E-state index is 0.867. The minimum Gasteiger partial charge on any atom is -0.309 e. The van der Waals surface area contributed by atoms with Crippen molar-refractivity contribution in [3.05, 3.63) is 237 Å². The standard InChI is InChI=1S/C62H39N3/c1-2-15-50-43(11-1)12-10-21-51(50)44-31-34-49(35-32-44)65-59-22-8-7-18-54(59)55-36-33-48(38-60(55)65)47-14-9-13-46(37-47)42-25-23-40(24-26-42)41-27-29-45(30-28-41)58-39-63-61-56-19-5-3-16-52(56)53-17-4-6-20-57(53)62(61)64-58/h1-39H. The van der Waals surface area contributed by atoms with E-state index >= 15 is 0 Å². The monoisotopic (exact) mass is 825 g/mol. The maximum Gasteiger partial charge on any atom is 0.0979 e. The van der Waals surface area contributed by atoms with Gasteiger partial charge in [-0.15, -0.1) is 0 Å². The van der Waals surface area contributed by atoms with Gasteiger partial charge in [0.15, 0.2) is 0 Å². The molecule has 0 N–H and O–H groups in total. The summed E-state index contributed by atoms with van der Waals surface area (Å²) in [5, 5.41) is 9.67. The SMILES string of the molecule is c1cc(-c2ccc(-c3ccc(-c4cnc5c6ccccc6c6ccccc6c5n4)cc3)cc2)cc(-c2ccc3c4ccccc4n(-c4ccc(-c5cccc6ccccc56)cc4)c3c2)c1. The molecule has 0 atom stereocenters. The first kappa shape index (κ1) is 36.9. The van der Waals surface area contributed by atoms with Gasteiger partial charge in [0.1, 0.15) is 0 Å². The topological polar surface area (TPSA) is 30.7 Å². The molecule has 65 heavy (non-hydrogen) atoms. The molecule has 0 fully saturated rings. The molecule has 0 saturated heterocycles. The van der Waals surface area contributed by atoms with Gasteiger partial charge in [-0.2, -0.15) is 0 Å².